The fourth-order valence-electron chi connectivity index (χ4n) is 2.75. The molecule has 0 aliphatic heterocycles. The summed E-state index contributed by atoms with van der Waals surface area (Å²) in [4.78, 5) is 0. The van der Waals surface area contributed by atoms with Crippen molar-refractivity contribution in [2.45, 2.75) is 45.6 Å². The molecule has 1 aliphatic rings. The van der Waals surface area contributed by atoms with E-state index in [4.69, 9.17) is 16.9 Å². The van der Waals surface area contributed by atoms with Gasteiger partial charge >= 0.3 is 0 Å². The van der Waals surface area contributed by atoms with Gasteiger partial charge in [0.05, 0.1) is 10.6 Å². The average molecular weight is 263 g/mol. The van der Waals surface area contributed by atoms with Crippen molar-refractivity contribution in [3.05, 3.63) is 28.8 Å². The summed E-state index contributed by atoms with van der Waals surface area (Å²) in [7, 11) is 0. The molecule has 1 unspecified atom stereocenters. The lowest BCUT2D eigenvalue weighted by molar-refractivity contribution is 0.229. The maximum atomic E-state index is 8.84. The SMILES string of the molecule is CC1(C)CCCC(Nc2ccc(C#N)c(Cl)c2)C1. The van der Waals surface area contributed by atoms with Crippen LogP contribution in [0.4, 0.5) is 5.69 Å². The van der Waals surface area contributed by atoms with Crippen LogP contribution in [0.3, 0.4) is 0 Å². The molecule has 2 rings (SSSR count). The highest BCUT2D eigenvalue weighted by Gasteiger charge is 2.27. The minimum atomic E-state index is 0.423. The Bertz CT molecular complexity index is 474. The number of rotatable bonds is 2. The lowest BCUT2D eigenvalue weighted by atomic mass is 9.75. The van der Waals surface area contributed by atoms with Crippen LogP contribution < -0.4 is 5.32 Å². The fourth-order valence-corrected chi connectivity index (χ4v) is 2.98. The lowest BCUT2D eigenvalue weighted by Gasteiger charge is -2.36. The molecule has 0 amide bonds. The van der Waals surface area contributed by atoms with Gasteiger partial charge in [0.2, 0.25) is 0 Å². The minimum Gasteiger partial charge on any atom is -0.382 e. The van der Waals surface area contributed by atoms with E-state index in [0.717, 1.165) is 5.69 Å². The molecule has 1 aromatic carbocycles. The summed E-state index contributed by atoms with van der Waals surface area (Å²) in [6, 6.07) is 8.15. The molecule has 0 heterocycles. The predicted molar refractivity (Wildman–Crippen MR) is 75.8 cm³/mol. The second-order valence-corrected chi connectivity index (χ2v) is 6.32. The van der Waals surface area contributed by atoms with Crippen LogP contribution in [-0.4, -0.2) is 6.04 Å². The van der Waals surface area contributed by atoms with Crippen LogP contribution in [0.15, 0.2) is 18.2 Å². The van der Waals surface area contributed by atoms with Crippen molar-refractivity contribution in [2.75, 3.05) is 5.32 Å². The van der Waals surface area contributed by atoms with Crippen LogP contribution in [-0.2, 0) is 0 Å². The van der Waals surface area contributed by atoms with E-state index >= 15 is 0 Å². The molecule has 1 N–H and O–H groups in total. The maximum absolute atomic E-state index is 8.84. The number of halogens is 1. The predicted octanol–water partition coefficient (Wildman–Crippen LogP) is 4.59. The second-order valence-electron chi connectivity index (χ2n) is 5.91. The molecule has 0 radical (unpaired) electrons. The summed E-state index contributed by atoms with van der Waals surface area (Å²) < 4.78 is 0. The zero-order valence-corrected chi connectivity index (χ0v) is 11.7. The molecule has 0 saturated heterocycles. The van der Waals surface area contributed by atoms with E-state index in [-0.39, 0.29) is 0 Å². The molecule has 18 heavy (non-hydrogen) atoms. The number of hydrogen-bond acceptors (Lipinski definition) is 2. The summed E-state index contributed by atoms with van der Waals surface area (Å²) in [6.07, 6.45) is 4.97. The molecule has 0 aromatic heterocycles. The smallest absolute Gasteiger partial charge is 0.101 e. The summed E-state index contributed by atoms with van der Waals surface area (Å²) in [5, 5.41) is 12.9. The third-order valence-corrected chi connectivity index (χ3v) is 3.98. The van der Waals surface area contributed by atoms with Crippen molar-refractivity contribution in [3.8, 4) is 6.07 Å². The van der Waals surface area contributed by atoms with E-state index in [2.05, 4.69) is 25.2 Å². The zero-order valence-electron chi connectivity index (χ0n) is 11.0. The van der Waals surface area contributed by atoms with Crippen molar-refractivity contribution in [2.24, 2.45) is 5.41 Å². The highest BCUT2D eigenvalue weighted by Crippen LogP contribution is 2.36. The Morgan fingerprint density at radius 3 is 2.83 bits per heavy atom. The standard InChI is InChI=1S/C15H19ClN2/c1-15(2)7-3-4-13(9-15)18-12-6-5-11(10-17)14(16)8-12/h5-6,8,13,18H,3-4,7,9H2,1-2H3. The Morgan fingerprint density at radius 2 is 2.22 bits per heavy atom. The van der Waals surface area contributed by atoms with Crippen molar-refractivity contribution >= 4 is 17.3 Å². The Balaban J connectivity index is 2.06. The van der Waals surface area contributed by atoms with E-state index in [1.165, 1.54) is 25.7 Å². The molecule has 1 aromatic rings. The number of nitrogens with one attached hydrogen (secondary N) is 1. The second kappa shape index (κ2) is 5.20. The number of hydrogen-bond donors (Lipinski definition) is 1. The van der Waals surface area contributed by atoms with Gasteiger partial charge in [0, 0.05) is 11.7 Å². The Morgan fingerprint density at radius 1 is 1.44 bits per heavy atom. The first-order valence-corrected chi connectivity index (χ1v) is 6.84. The first kappa shape index (κ1) is 13.2. The monoisotopic (exact) mass is 262 g/mol. The number of nitrogens with zero attached hydrogens (tertiary/aromatic N) is 1. The van der Waals surface area contributed by atoms with Crippen molar-refractivity contribution in [3.63, 3.8) is 0 Å². The van der Waals surface area contributed by atoms with E-state index in [1.807, 2.05) is 12.1 Å². The fraction of sp³-hybridized carbons (Fsp3) is 0.533. The third kappa shape index (κ3) is 3.17. The van der Waals surface area contributed by atoms with Gasteiger partial charge in [-0.15, -0.1) is 0 Å². The van der Waals surface area contributed by atoms with Crippen molar-refractivity contribution in [1.29, 1.82) is 5.26 Å². The van der Waals surface area contributed by atoms with Gasteiger partial charge in [-0.25, -0.2) is 0 Å². The van der Waals surface area contributed by atoms with Gasteiger partial charge in [-0.05, 0) is 42.9 Å². The Labute approximate surface area is 114 Å². The van der Waals surface area contributed by atoms with Gasteiger partial charge in [0.1, 0.15) is 6.07 Å². The van der Waals surface area contributed by atoms with E-state index in [0.29, 0.717) is 22.0 Å². The molecule has 1 aliphatic carbocycles. The van der Waals surface area contributed by atoms with E-state index in [1.54, 1.807) is 6.07 Å². The number of nitriles is 1. The zero-order chi connectivity index (χ0) is 13.2. The molecule has 1 fully saturated rings. The van der Waals surface area contributed by atoms with Crippen LogP contribution in [0.5, 0.6) is 0 Å². The molecule has 1 atom stereocenters. The first-order chi connectivity index (χ1) is 8.50. The van der Waals surface area contributed by atoms with Crippen LogP contribution in [0.25, 0.3) is 0 Å². The van der Waals surface area contributed by atoms with Crippen LogP contribution in [0, 0.1) is 16.7 Å². The maximum Gasteiger partial charge on any atom is 0.101 e. The highest BCUT2D eigenvalue weighted by molar-refractivity contribution is 6.32. The molecule has 2 nitrogen and oxygen atoms in total. The lowest BCUT2D eigenvalue weighted by Crippen LogP contribution is -2.31. The first-order valence-electron chi connectivity index (χ1n) is 6.46. The highest BCUT2D eigenvalue weighted by atomic mass is 35.5. The van der Waals surface area contributed by atoms with Gasteiger partial charge in [0.25, 0.3) is 0 Å². The quantitative estimate of drug-likeness (QED) is 0.846. The largest absolute Gasteiger partial charge is 0.382 e. The van der Waals surface area contributed by atoms with Crippen molar-refractivity contribution < 1.29 is 0 Å². The van der Waals surface area contributed by atoms with E-state index in [9.17, 15) is 0 Å². The summed E-state index contributed by atoms with van der Waals surface area (Å²) in [6.45, 7) is 4.65. The van der Waals surface area contributed by atoms with Gasteiger partial charge in [0.15, 0.2) is 0 Å². The minimum absolute atomic E-state index is 0.423. The summed E-state index contributed by atoms with van der Waals surface area (Å²) in [5.41, 5.74) is 1.97. The topological polar surface area (TPSA) is 35.8 Å². The molecule has 1 saturated carbocycles. The Kier molecular flexibility index (Phi) is 3.82. The third-order valence-electron chi connectivity index (χ3n) is 3.67. The van der Waals surface area contributed by atoms with Crippen LogP contribution in [0.2, 0.25) is 5.02 Å². The van der Waals surface area contributed by atoms with Gasteiger partial charge < -0.3 is 5.32 Å². The molecular formula is C15H19ClN2. The normalized spacial score (nSPS) is 22.2. The molecule has 0 spiro atoms. The molecule has 0 bridgehead atoms. The molecule has 96 valence electrons. The van der Waals surface area contributed by atoms with E-state index < -0.39 is 0 Å². The number of anilines is 1. The van der Waals surface area contributed by atoms with Crippen LogP contribution >= 0.6 is 11.6 Å². The summed E-state index contributed by atoms with van der Waals surface area (Å²) in [5.74, 6) is 0. The van der Waals surface area contributed by atoms with Gasteiger partial charge in [-0.1, -0.05) is 31.9 Å². The van der Waals surface area contributed by atoms with Gasteiger partial charge in [-0.2, -0.15) is 5.26 Å². The number of benzene rings is 1. The van der Waals surface area contributed by atoms with Gasteiger partial charge in [-0.3, -0.25) is 0 Å². The average Bonchev–Trinajstić information content (AvgIpc) is 2.28. The van der Waals surface area contributed by atoms with Crippen LogP contribution in [0.1, 0.15) is 45.1 Å². The van der Waals surface area contributed by atoms with Crippen molar-refractivity contribution in [1.82, 2.24) is 0 Å². The molecule has 3 heteroatoms. The summed E-state index contributed by atoms with van der Waals surface area (Å²) >= 11 is 6.04. The Hall–Kier alpha value is -1.20. The molecular weight excluding hydrogens is 244 g/mol.